The van der Waals surface area contributed by atoms with Gasteiger partial charge in [-0.05, 0) is 24.6 Å². The predicted molar refractivity (Wildman–Crippen MR) is 98.6 cm³/mol. The summed E-state index contributed by atoms with van der Waals surface area (Å²) in [7, 11) is -3.61. The van der Waals surface area contributed by atoms with Crippen LogP contribution in [-0.2, 0) is 19.6 Å². The van der Waals surface area contributed by atoms with E-state index in [2.05, 4.69) is 10.2 Å². The molecule has 0 atom stereocenters. The lowest BCUT2D eigenvalue weighted by molar-refractivity contribution is -0.119. The smallest absolute Gasteiger partial charge is 0.240 e. The fourth-order valence-electron chi connectivity index (χ4n) is 2.60. The number of aryl methyl sites for hydroxylation is 1. The zero-order valence-electron chi connectivity index (χ0n) is 14.5. The second kappa shape index (κ2) is 8.84. The molecule has 1 heterocycles. The number of rotatable bonds is 7. The van der Waals surface area contributed by atoms with E-state index in [1.54, 1.807) is 25.1 Å². The molecule has 0 radical (unpaired) electrons. The van der Waals surface area contributed by atoms with E-state index in [1.165, 1.54) is 0 Å². The number of nitrogens with zero attached hydrogens (tertiary/aromatic N) is 2. The molecule has 1 amide bonds. The number of ether oxygens (including phenoxy) is 1. The highest BCUT2D eigenvalue weighted by Gasteiger charge is 2.22. The third-order valence-electron chi connectivity index (χ3n) is 3.98. The summed E-state index contributed by atoms with van der Waals surface area (Å²) < 4.78 is 30.6. The van der Waals surface area contributed by atoms with Gasteiger partial charge in [0.15, 0.2) is 0 Å². The Morgan fingerprint density at radius 1 is 1.36 bits per heavy atom. The number of benzene rings is 1. The van der Waals surface area contributed by atoms with Gasteiger partial charge in [-0.15, -0.1) is 0 Å². The maximum Gasteiger partial charge on any atom is 0.240 e. The van der Waals surface area contributed by atoms with Crippen LogP contribution in [0.5, 0.6) is 0 Å². The molecule has 2 rings (SSSR count). The van der Waals surface area contributed by atoms with E-state index >= 15 is 0 Å². The molecule has 1 aromatic rings. The summed E-state index contributed by atoms with van der Waals surface area (Å²) in [5.41, 5.74) is 1.15. The zero-order chi connectivity index (χ0) is 18.4. The highest BCUT2D eigenvalue weighted by molar-refractivity contribution is 7.92. The van der Waals surface area contributed by atoms with Crippen molar-refractivity contribution in [2.24, 2.45) is 0 Å². The third-order valence-corrected chi connectivity index (χ3v) is 5.34. The highest BCUT2D eigenvalue weighted by Crippen LogP contribution is 2.26. The molecule has 1 aliphatic rings. The van der Waals surface area contributed by atoms with Crippen molar-refractivity contribution in [3.8, 4) is 0 Å². The summed E-state index contributed by atoms with van der Waals surface area (Å²) in [6.45, 7) is 5.76. The Morgan fingerprint density at radius 2 is 2.04 bits per heavy atom. The molecule has 0 aromatic heterocycles. The first-order chi connectivity index (χ1) is 11.8. The van der Waals surface area contributed by atoms with Crippen molar-refractivity contribution in [3.05, 3.63) is 28.8 Å². The number of nitrogens with one attached hydrogen (secondary N) is 1. The lowest BCUT2D eigenvalue weighted by Crippen LogP contribution is -2.44. The van der Waals surface area contributed by atoms with Gasteiger partial charge in [-0.25, -0.2) is 8.42 Å². The lowest BCUT2D eigenvalue weighted by Gasteiger charge is -2.27. The lowest BCUT2D eigenvalue weighted by atomic mass is 10.2. The molecule has 0 aliphatic carbocycles. The van der Waals surface area contributed by atoms with Gasteiger partial charge >= 0.3 is 0 Å². The Morgan fingerprint density at radius 3 is 2.68 bits per heavy atom. The Hall–Kier alpha value is -1.35. The van der Waals surface area contributed by atoms with Crippen LogP contribution in [0.1, 0.15) is 5.56 Å². The van der Waals surface area contributed by atoms with E-state index < -0.39 is 10.0 Å². The summed E-state index contributed by atoms with van der Waals surface area (Å²) in [5, 5.41) is 3.19. The Kier molecular flexibility index (Phi) is 7.06. The topological polar surface area (TPSA) is 79.0 Å². The average Bonchev–Trinajstić information content (AvgIpc) is 2.55. The minimum absolute atomic E-state index is 0.275. The fourth-order valence-corrected chi connectivity index (χ4v) is 3.67. The van der Waals surface area contributed by atoms with Crippen molar-refractivity contribution in [1.29, 1.82) is 0 Å². The van der Waals surface area contributed by atoms with Crippen LogP contribution in [0.15, 0.2) is 18.2 Å². The quantitative estimate of drug-likeness (QED) is 0.748. The molecule has 25 heavy (non-hydrogen) atoms. The van der Waals surface area contributed by atoms with E-state index in [9.17, 15) is 13.2 Å². The Balaban J connectivity index is 1.97. The summed E-state index contributed by atoms with van der Waals surface area (Å²) in [4.78, 5) is 14.4. The molecular formula is C16H24ClN3O4S. The Bertz CT molecular complexity index is 705. The minimum Gasteiger partial charge on any atom is -0.379 e. The second-order valence-corrected chi connectivity index (χ2v) is 8.35. The van der Waals surface area contributed by atoms with Gasteiger partial charge in [0.05, 0.1) is 25.2 Å². The van der Waals surface area contributed by atoms with Crippen LogP contribution in [0.25, 0.3) is 0 Å². The molecule has 9 heteroatoms. The zero-order valence-corrected chi connectivity index (χ0v) is 16.1. The number of sulfonamides is 1. The third kappa shape index (κ3) is 6.14. The van der Waals surface area contributed by atoms with Crippen LogP contribution >= 0.6 is 11.6 Å². The van der Waals surface area contributed by atoms with E-state index in [-0.39, 0.29) is 12.5 Å². The van der Waals surface area contributed by atoms with Crippen LogP contribution in [0.3, 0.4) is 0 Å². The molecule has 1 saturated heterocycles. The van der Waals surface area contributed by atoms with Crippen molar-refractivity contribution >= 4 is 33.2 Å². The van der Waals surface area contributed by atoms with Crippen molar-refractivity contribution in [3.63, 3.8) is 0 Å². The standard InChI is InChI=1S/C16H24ClN3O4S/c1-13-3-4-14(17)11-15(13)20(25(2,22)23)12-16(21)18-5-6-19-7-9-24-10-8-19/h3-4,11H,5-10,12H2,1-2H3,(H,18,21). The molecule has 1 fully saturated rings. The number of halogens is 1. The molecule has 1 aromatic carbocycles. The van der Waals surface area contributed by atoms with Gasteiger partial charge in [-0.1, -0.05) is 17.7 Å². The first-order valence-corrected chi connectivity index (χ1v) is 10.3. The first kappa shape index (κ1) is 20.0. The van der Waals surface area contributed by atoms with Gasteiger partial charge in [0.25, 0.3) is 0 Å². The van der Waals surface area contributed by atoms with Crippen LogP contribution in [-0.4, -0.2) is 71.4 Å². The SMILES string of the molecule is Cc1ccc(Cl)cc1N(CC(=O)NCCN1CCOCC1)S(C)(=O)=O. The van der Waals surface area contributed by atoms with Crippen molar-refractivity contribution in [2.45, 2.75) is 6.92 Å². The summed E-state index contributed by atoms with van der Waals surface area (Å²) in [5.74, 6) is -0.349. The van der Waals surface area contributed by atoms with Gasteiger partial charge < -0.3 is 10.1 Å². The minimum atomic E-state index is -3.61. The number of carbonyl (C=O) groups excluding carboxylic acids is 1. The number of hydrogen-bond acceptors (Lipinski definition) is 5. The van der Waals surface area contributed by atoms with Crippen molar-refractivity contribution < 1.29 is 17.9 Å². The molecule has 140 valence electrons. The average molecular weight is 390 g/mol. The molecule has 0 saturated carbocycles. The maximum absolute atomic E-state index is 12.2. The van der Waals surface area contributed by atoms with Gasteiger partial charge in [0.2, 0.25) is 15.9 Å². The van der Waals surface area contributed by atoms with E-state index in [0.717, 1.165) is 29.2 Å². The monoisotopic (exact) mass is 389 g/mol. The summed E-state index contributed by atoms with van der Waals surface area (Å²) in [6.07, 6.45) is 1.08. The normalized spacial score (nSPS) is 15.8. The number of morpholine rings is 1. The summed E-state index contributed by atoms with van der Waals surface area (Å²) >= 11 is 5.98. The van der Waals surface area contributed by atoms with E-state index in [4.69, 9.17) is 16.3 Å². The van der Waals surface area contributed by atoms with Crippen LogP contribution in [0.2, 0.25) is 5.02 Å². The van der Waals surface area contributed by atoms with Crippen molar-refractivity contribution in [1.82, 2.24) is 10.2 Å². The molecular weight excluding hydrogens is 366 g/mol. The maximum atomic E-state index is 12.2. The number of hydrogen-bond donors (Lipinski definition) is 1. The first-order valence-electron chi connectivity index (χ1n) is 8.08. The highest BCUT2D eigenvalue weighted by atomic mass is 35.5. The number of anilines is 1. The predicted octanol–water partition coefficient (Wildman–Crippen LogP) is 0.863. The number of amides is 1. The van der Waals surface area contributed by atoms with E-state index in [1.807, 2.05) is 0 Å². The van der Waals surface area contributed by atoms with E-state index in [0.29, 0.717) is 37.0 Å². The number of carbonyl (C=O) groups is 1. The molecule has 0 unspecified atom stereocenters. The molecule has 1 N–H and O–H groups in total. The Labute approximate surface area is 153 Å². The van der Waals surface area contributed by atoms with Gasteiger partial charge in [-0.3, -0.25) is 14.0 Å². The molecule has 7 nitrogen and oxygen atoms in total. The largest absolute Gasteiger partial charge is 0.379 e. The van der Waals surface area contributed by atoms with Gasteiger partial charge in [0.1, 0.15) is 6.54 Å². The molecule has 0 spiro atoms. The van der Waals surface area contributed by atoms with Crippen LogP contribution < -0.4 is 9.62 Å². The fraction of sp³-hybridized carbons (Fsp3) is 0.562. The van der Waals surface area contributed by atoms with Crippen LogP contribution in [0, 0.1) is 6.92 Å². The van der Waals surface area contributed by atoms with Gasteiger partial charge in [-0.2, -0.15) is 0 Å². The second-order valence-electron chi connectivity index (χ2n) is 6.00. The molecule has 1 aliphatic heterocycles. The van der Waals surface area contributed by atoms with Crippen LogP contribution in [0.4, 0.5) is 5.69 Å². The summed E-state index contributed by atoms with van der Waals surface area (Å²) in [6, 6.07) is 4.97. The van der Waals surface area contributed by atoms with Gasteiger partial charge in [0, 0.05) is 31.2 Å². The molecule has 0 bridgehead atoms. The van der Waals surface area contributed by atoms with Crippen molar-refractivity contribution in [2.75, 3.05) is 56.5 Å².